The predicted molar refractivity (Wildman–Crippen MR) is 94.7 cm³/mol. The van der Waals surface area contributed by atoms with Crippen molar-refractivity contribution in [2.75, 3.05) is 0 Å². The third-order valence-corrected chi connectivity index (χ3v) is 4.22. The summed E-state index contributed by atoms with van der Waals surface area (Å²) in [5.41, 5.74) is 1.39. The van der Waals surface area contributed by atoms with Crippen molar-refractivity contribution >= 4 is 16.9 Å². The summed E-state index contributed by atoms with van der Waals surface area (Å²) in [4.78, 5) is 23.8. The van der Waals surface area contributed by atoms with Crippen molar-refractivity contribution < 1.29 is 14.3 Å². The molecule has 0 aliphatic rings. The maximum Gasteiger partial charge on any atom is 0.341 e. The fourth-order valence-electron chi connectivity index (χ4n) is 2.85. The predicted octanol–water partition coefficient (Wildman–Crippen LogP) is 3.26. The zero-order chi connectivity index (χ0) is 18.8. The first kappa shape index (κ1) is 17.4. The molecule has 0 atom stereocenters. The number of aromatic carboxylic acids is 1. The van der Waals surface area contributed by atoms with Crippen molar-refractivity contribution in [3.8, 4) is 6.07 Å². The average Bonchev–Trinajstić information content (AvgIpc) is 2.60. The van der Waals surface area contributed by atoms with Gasteiger partial charge in [-0.3, -0.25) is 4.79 Å². The van der Waals surface area contributed by atoms with Gasteiger partial charge in [0.15, 0.2) is 0 Å². The van der Waals surface area contributed by atoms with Crippen LogP contribution in [0.5, 0.6) is 0 Å². The zero-order valence-corrected chi connectivity index (χ0v) is 14.0. The lowest BCUT2D eigenvalue weighted by atomic mass is 10.1. The van der Waals surface area contributed by atoms with Gasteiger partial charge in [0.1, 0.15) is 11.4 Å². The molecule has 2 aromatic carbocycles. The summed E-state index contributed by atoms with van der Waals surface area (Å²) in [5, 5.41) is 18.1. The third-order valence-electron chi connectivity index (χ3n) is 4.22. The molecule has 0 aliphatic heterocycles. The Morgan fingerprint density at radius 2 is 1.96 bits per heavy atom. The highest BCUT2D eigenvalue weighted by Crippen LogP contribution is 2.20. The number of pyridine rings is 1. The maximum atomic E-state index is 14.2. The number of aromatic nitrogens is 1. The van der Waals surface area contributed by atoms with Gasteiger partial charge in [-0.25, -0.2) is 9.18 Å². The normalized spacial score (nSPS) is 10.7. The van der Waals surface area contributed by atoms with Crippen molar-refractivity contribution in [2.45, 2.75) is 19.9 Å². The molecule has 0 amide bonds. The van der Waals surface area contributed by atoms with Crippen LogP contribution in [-0.2, 0) is 13.0 Å². The van der Waals surface area contributed by atoms with Crippen LogP contribution in [0.15, 0.2) is 47.4 Å². The third kappa shape index (κ3) is 3.20. The molecule has 0 spiro atoms. The van der Waals surface area contributed by atoms with Crippen LogP contribution in [0.4, 0.5) is 4.39 Å². The zero-order valence-electron chi connectivity index (χ0n) is 14.0. The van der Waals surface area contributed by atoms with E-state index in [1.807, 2.05) is 37.3 Å². The largest absolute Gasteiger partial charge is 0.477 e. The van der Waals surface area contributed by atoms with Crippen LogP contribution in [0.2, 0.25) is 0 Å². The van der Waals surface area contributed by atoms with Crippen LogP contribution in [0.3, 0.4) is 0 Å². The van der Waals surface area contributed by atoms with E-state index in [1.54, 1.807) is 4.57 Å². The van der Waals surface area contributed by atoms with E-state index in [0.717, 1.165) is 17.2 Å². The van der Waals surface area contributed by atoms with Crippen molar-refractivity contribution in [3.05, 3.63) is 80.9 Å². The molecule has 1 N–H and O–H groups in total. The quantitative estimate of drug-likeness (QED) is 0.783. The number of aryl methyl sites for hydroxylation is 1. The number of carboxylic acid groups (broad SMARTS) is 1. The summed E-state index contributed by atoms with van der Waals surface area (Å²) < 4.78 is 15.8. The number of nitriles is 1. The van der Waals surface area contributed by atoms with Gasteiger partial charge in [0.25, 0.3) is 0 Å². The number of carboxylic acids is 1. The van der Waals surface area contributed by atoms with Gasteiger partial charge in [-0.15, -0.1) is 0 Å². The van der Waals surface area contributed by atoms with E-state index < -0.39 is 22.8 Å². The second kappa shape index (κ2) is 6.81. The van der Waals surface area contributed by atoms with E-state index in [1.165, 1.54) is 12.3 Å². The van der Waals surface area contributed by atoms with Gasteiger partial charge < -0.3 is 9.67 Å². The number of halogens is 1. The van der Waals surface area contributed by atoms with Gasteiger partial charge >= 0.3 is 5.97 Å². The van der Waals surface area contributed by atoms with Crippen LogP contribution in [-0.4, -0.2) is 15.6 Å². The molecular formula is C20H15FN2O3. The molecule has 130 valence electrons. The summed E-state index contributed by atoms with van der Waals surface area (Å²) in [5.74, 6) is -2.06. The monoisotopic (exact) mass is 350 g/mol. The van der Waals surface area contributed by atoms with E-state index in [-0.39, 0.29) is 17.4 Å². The molecule has 0 saturated heterocycles. The lowest BCUT2D eigenvalue weighted by Gasteiger charge is -2.14. The fraction of sp³-hybridized carbons (Fsp3) is 0.150. The molecule has 0 radical (unpaired) electrons. The Labute approximate surface area is 148 Å². The molecule has 0 bridgehead atoms. The van der Waals surface area contributed by atoms with Crippen LogP contribution < -0.4 is 5.43 Å². The summed E-state index contributed by atoms with van der Waals surface area (Å²) >= 11 is 0. The Bertz CT molecular complexity index is 1110. The molecule has 0 aliphatic carbocycles. The van der Waals surface area contributed by atoms with E-state index >= 15 is 0 Å². The van der Waals surface area contributed by atoms with Crippen molar-refractivity contribution in [1.29, 1.82) is 5.26 Å². The number of hydrogen-bond acceptors (Lipinski definition) is 3. The van der Waals surface area contributed by atoms with Crippen molar-refractivity contribution in [1.82, 2.24) is 4.57 Å². The standard InChI is InChI=1S/C20H15FN2O3/c1-12-2-4-13(5-3-12)10-23-11-16(20(25)26)19(24)15-9-17(21)14(6-7-22)8-18(15)23/h2-5,8-9,11H,6,10H2,1H3,(H,25,26). The number of benzene rings is 2. The van der Waals surface area contributed by atoms with E-state index in [4.69, 9.17) is 5.26 Å². The molecule has 1 aromatic heterocycles. The van der Waals surface area contributed by atoms with Gasteiger partial charge in [0.2, 0.25) is 5.43 Å². The van der Waals surface area contributed by atoms with E-state index in [0.29, 0.717) is 12.1 Å². The van der Waals surface area contributed by atoms with Gasteiger partial charge in [-0.1, -0.05) is 29.8 Å². The lowest BCUT2D eigenvalue weighted by Crippen LogP contribution is -2.19. The highest BCUT2D eigenvalue weighted by Gasteiger charge is 2.17. The number of nitrogens with zero attached hydrogens (tertiary/aromatic N) is 2. The Morgan fingerprint density at radius 3 is 2.58 bits per heavy atom. The van der Waals surface area contributed by atoms with Crippen LogP contribution in [0, 0.1) is 24.1 Å². The average molecular weight is 350 g/mol. The van der Waals surface area contributed by atoms with Crippen LogP contribution in [0.25, 0.3) is 10.9 Å². The molecule has 0 saturated carbocycles. The van der Waals surface area contributed by atoms with Crippen LogP contribution in [0.1, 0.15) is 27.0 Å². The number of rotatable bonds is 4. The molecule has 0 unspecified atom stereocenters. The summed E-state index contributed by atoms with van der Waals surface area (Å²) in [6.45, 7) is 2.27. The Hall–Kier alpha value is -3.46. The molecule has 0 fully saturated rings. The minimum Gasteiger partial charge on any atom is -0.477 e. The highest BCUT2D eigenvalue weighted by molar-refractivity contribution is 5.92. The molecule has 3 rings (SSSR count). The number of carbonyl (C=O) groups is 1. The van der Waals surface area contributed by atoms with E-state index in [9.17, 15) is 19.1 Å². The van der Waals surface area contributed by atoms with Crippen molar-refractivity contribution in [3.63, 3.8) is 0 Å². The Balaban J connectivity index is 2.27. The molecule has 5 nitrogen and oxygen atoms in total. The number of fused-ring (bicyclic) bond motifs is 1. The van der Waals surface area contributed by atoms with Crippen LogP contribution >= 0.6 is 0 Å². The minimum atomic E-state index is -1.36. The summed E-state index contributed by atoms with van der Waals surface area (Å²) in [7, 11) is 0. The first-order valence-corrected chi connectivity index (χ1v) is 7.92. The first-order chi connectivity index (χ1) is 12.4. The van der Waals surface area contributed by atoms with Crippen molar-refractivity contribution in [2.24, 2.45) is 0 Å². The second-order valence-corrected chi connectivity index (χ2v) is 6.09. The topological polar surface area (TPSA) is 83.1 Å². The Morgan fingerprint density at radius 1 is 1.27 bits per heavy atom. The second-order valence-electron chi connectivity index (χ2n) is 6.09. The number of hydrogen-bond donors (Lipinski definition) is 1. The maximum absolute atomic E-state index is 14.2. The lowest BCUT2D eigenvalue weighted by molar-refractivity contribution is 0.0695. The van der Waals surface area contributed by atoms with E-state index in [2.05, 4.69) is 0 Å². The summed E-state index contributed by atoms with van der Waals surface area (Å²) in [6, 6.07) is 12.0. The minimum absolute atomic E-state index is 0.0174. The molecule has 6 heteroatoms. The molecule has 3 aromatic rings. The molecule has 1 heterocycles. The van der Waals surface area contributed by atoms with Gasteiger partial charge in [-0.2, -0.15) is 5.26 Å². The molecular weight excluding hydrogens is 335 g/mol. The van der Waals surface area contributed by atoms with Gasteiger partial charge in [0.05, 0.1) is 18.0 Å². The van der Waals surface area contributed by atoms with Gasteiger partial charge in [0, 0.05) is 23.7 Å². The highest BCUT2D eigenvalue weighted by atomic mass is 19.1. The molecule has 26 heavy (non-hydrogen) atoms. The van der Waals surface area contributed by atoms with Gasteiger partial charge in [-0.05, 0) is 24.6 Å². The SMILES string of the molecule is Cc1ccc(Cn2cc(C(=O)O)c(=O)c3cc(F)c(CC#N)cc32)cc1. The Kier molecular flexibility index (Phi) is 4.55. The summed E-state index contributed by atoms with van der Waals surface area (Å²) in [6.07, 6.45) is 1.13. The fourth-order valence-corrected chi connectivity index (χ4v) is 2.85. The smallest absolute Gasteiger partial charge is 0.341 e. The first-order valence-electron chi connectivity index (χ1n) is 7.92.